The predicted molar refractivity (Wildman–Crippen MR) is 68.8 cm³/mol. The van der Waals surface area contributed by atoms with Crippen molar-refractivity contribution in [3.63, 3.8) is 0 Å². The summed E-state index contributed by atoms with van der Waals surface area (Å²) in [6.45, 7) is 1.75. The third kappa shape index (κ3) is 2.09. The second-order valence-corrected chi connectivity index (χ2v) is 5.85. The topological polar surface area (TPSA) is 38.3 Å². The quantitative estimate of drug-likeness (QED) is 0.859. The zero-order chi connectivity index (χ0) is 12.7. The number of amides is 1. The maximum Gasteiger partial charge on any atom is 0.233 e. The molecule has 0 bridgehead atoms. The fraction of sp³-hybridized carbons (Fsp3) is 0.417. The molecule has 3 nitrogen and oxygen atoms in total. The summed E-state index contributed by atoms with van der Waals surface area (Å²) in [7, 11) is 1.55. The molecule has 17 heavy (non-hydrogen) atoms. The molecule has 1 aliphatic carbocycles. The summed E-state index contributed by atoms with van der Waals surface area (Å²) in [5.74, 6) is 0.423. The first-order valence-electron chi connectivity index (χ1n) is 5.23. The molecular weight excluding hydrogens is 261 g/mol. The molecule has 1 aliphatic rings. The normalized spacial score (nSPS) is 25.2. The van der Waals surface area contributed by atoms with E-state index in [0.717, 1.165) is 0 Å². The summed E-state index contributed by atoms with van der Waals surface area (Å²) in [5, 5.41) is 2.79. The maximum atomic E-state index is 12.0. The standard InChI is InChI=1S/C12H13Cl2NO2/c1-11(7-12(11,13)14)10(16)15-8-5-3-4-6-9(8)17-2/h3-6H,7H2,1-2H3,(H,15,16)/t11-/m0/s1. The van der Waals surface area contributed by atoms with Crippen molar-refractivity contribution in [1.82, 2.24) is 0 Å². The minimum Gasteiger partial charge on any atom is -0.495 e. The van der Waals surface area contributed by atoms with Gasteiger partial charge in [-0.25, -0.2) is 0 Å². The molecule has 0 saturated heterocycles. The van der Waals surface area contributed by atoms with Crippen molar-refractivity contribution < 1.29 is 9.53 Å². The molecule has 1 amide bonds. The number of hydrogen-bond donors (Lipinski definition) is 1. The maximum absolute atomic E-state index is 12.0. The van der Waals surface area contributed by atoms with E-state index in [2.05, 4.69) is 5.32 Å². The van der Waals surface area contributed by atoms with Crippen LogP contribution in [0.1, 0.15) is 13.3 Å². The Hall–Kier alpha value is -0.930. The number of carbonyl (C=O) groups is 1. The predicted octanol–water partition coefficient (Wildman–Crippen LogP) is 3.22. The van der Waals surface area contributed by atoms with Gasteiger partial charge in [-0.2, -0.15) is 0 Å². The van der Waals surface area contributed by atoms with Crippen LogP contribution in [-0.2, 0) is 4.79 Å². The van der Waals surface area contributed by atoms with Crippen LogP contribution in [0.4, 0.5) is 5.69 Å². The monoisotopic (exact) mass is 273 g/mol. The number of ether oxygens (including phenoxy) is 1. The van der Waals surface area contributed by atoms with Gasteiger partial charge in [-0.05, 0) is 25.5 Å². The number of carbonyl (C=O) groups excluding carboxylic acids is 1. The van der Waals surface area contributed by atoms with Crippen molar-refractivity contribution in [3.05, 3.63) is 24.3 Å². The Bertz CT molecular complexity index is 462. The molecule has 1 aromatic rings. The first kappa shape index (κ1) is 12.5. The van der Waals surface area contributed by atoms with Crippen LogP contribution in [0.3, 0.4) is 0 Å². The fourth-order valence-corrected chi connectivity index (χ4v) is 2.36. The Morgan fingerprint density at radius 1 is 1.41 bits per heavy atom. The molecule has 1 aromatic carbocycles. The van der Waals surface area contributed by atoms with Crippen LogP contribution in [0.2, 0.25) is 0 Å². The summed E-state index contributed by atoms with van der Waals surface area (Å²) < 4.78 is 4.19. The van der Waals surface area contributed by atoms with Crippen molar-refractivity contribution in [2.75, 3.05) is 12.4 Å². The van der Waals surface area contributed by atoms with Gasteiger partial charge in [0.05, 0.1) is 18.2 Å². The molecular formula is C12H13Cl2NO2. The van der Waals surface area contributed by atoms with E-state index in [1.807, 2.05) is 12.1 Å². The van der Waals surface area contributed by atoms with Crippen LogP contribution in [0.5, 0.6) is 5.75 Å². The lowest BCUT2D eigenvalue weighted by Crippen LogP contribution is -2.26. The molecule has 0 unspecified atom stereocenters. The van der Waals surface area contributed by atoms with Gasteiger partial charge in [0, 0.05) is 0 Å². The minimum absolute atomic E-state index is 0.188. The Kier molecular flexibility index (Phi) is 3.00. The van der Waals surface area contributed by atoms with E-state index in [9.17, 15) is 4.79 Å². The first-order valence-corrected chi connectivity index (χ1v) is 5.98. The summed E-state index contributed by atoms with van der Waals surface area (Å²) in [4.78, 5) is 12.0. The molecule has 2 rings (SSSR count). The van der Waals surface area contributed by atoms with Gasteiger partial charge in [0.15, 0.2) is 0 Å². The third-order valence-electron chi connectivity index (χ3n) is 3.11. The first-order chi connectivity index (χ1) is 7.90. The van der Waals surface area contributed by atoms with Gasteiger partial charge in [0.25, 0.3) is 0 Å². The number of alkyl halides is 2. The third-order valence-corrected chi connectivity index (χ3v) is 4.22. The van der Waals surface area contributed by atoms with Gasteiger partial charge in [0.1, 0.15) is 10.1 Å². The highest BCUT2D eigenvalue weighted by Gasteiger charge is 2.67. The highest BCUT2D eigenvalue weighted by Crippen LogP contribution is 2.64. The second kappa shape index (κ2) is 4.07. The average molecular weight is 274 g/mol. The molecule has 0 aliphatic heterocycles. The number of nitrogens with one attached hydrogen (secondary N) is 1. The zero-order valence-corrected chi connectivity index (χ0v) is 11.1. The number of hydrogen-bond acceptors (Lipinski definition) is 2. The molecule has 1 N–H and O–H groups in total. The number of rotatable bonds is 3. The summed E-state index contributed by atoms with van der Waals surface area (Å²) >= 11 is 11.9. The van der Waals surface area contributed by atoms with E-state index < -0.39 is 9.75 Å². The Morgan fingerprint density at radius 2 is 2.00 bits per heavy atom. The van der Waals surface area contributed by atoms with Crippen LogP contribution in [0.25, 0.3) is 0 Å². The van der Waals surface area contributed by atoms with Gasteiger partial charge in [0.2, 0.25) is 5.91 Å². The summed E-state index contributed by atoms with van der Waals surface area (Å²) in [6.07, 6.45) is 0.462. The van der Waals surface area contributed by atoms with Crippen molar-refractivity contribution in [1.29, 1.82) is 0 Å². The Labute approximate surface area is 110 Å². The van der Waals surface area contributed by atoms with Gasteiger partial charge in [-0.15, -0.1) is 23.2 Å². The number of halogens is 2. The van der Waals surface area contributed by atoms with E-state index in [4.69, 9.17) is 27.9 Å². The lowest BCUT2D eigenvalue weighted by atomic mass is 10.1. The highest BCUT2D eigenvalue weighted by atomic mass is 35.5. The molecule has 92 valence electrons. The lowest BCUT2D eigenvalue weighted by molar-refractivity contribution is -0.120. The van der Waals surface area contributed by atoms with Crippen molar-refractivity contribution in [2.24, 2.45) is 5.41 Å². The van der Waals surface area contributed by atoms with Gasteiger partial charge < -0.3 is 10.1 Å². The van der Waals surface area contributed by atoms with Gasteiger partial charge >= 0.3 is 0 Å². The zero-order valence-electron chi connectivity index (χ0n) is 9.59. The molecule has 0 spiro atoms. The summed E-state index contributed by atoms with van der Waals surface area (Å²) in [5.41, 5.74) is -0.103. The van der Waals surface area contributed by atoms with Crippen molar-refractivity contribution in [2.45, 2.75) is 17.7 Å². The molecule has 1 fully saturated rings. The van der Waals surface area contributed by atoms with E-state index in [1.54, 1.807) is 26.2 Å². The van der Waals surface area contributed by atoms with Crippen LogP contribution in [-0.4, -0.2) is 17.4 Å². The number of para-hydroxylation sites is 2. The Balaban J connectivity index is 2.15. The summed E-state index contributed by atoms with van der Waals surface area (Å²) in [6, 6.07) is 7.20. The smallest absolute Gasteiger partial charge is 0.233 e. The van der Waals surface area contributed by atoms with E-state index in [0.29, 0.717) is 17.9 Å². The van der Waals surface area contributed by atoms with Crippen molar-refractivity contribution in [3.8, 4) is 5.75 Å². The van der Waals surface area contributed by atoms with Gasteiger partial charge in [-0.1, -0.05) is 12.1 Å². The molecule has 0 heterocycles. The lowest BCUT2D eigenvalue weighted by Gasteiger charge is -2.14. The van der Waals surface area contributed by atoms with Crippen LogP contribution < -0.4 is 10.1 Å². The van der Waals surface area contributed by atoms with Crippen LogP contribution >= 0.6 is 23.2 Å². The van der Waals surface area contributed by atoms with E-state index in [-0.39, 0.29) is 5.91 Å². The number of methoxy groups -OCH3 is 1. The van der Waals surface area contributed by atoms with Crippen molar-refractivity contribution >= 4 is 34.8 Å². The number of anilines is 1. The average Bonchev–Trinajstić information content (AvgIpc) is 2.80. The van der Waals surface area contributed by atoms with E-state index in [1.165, 1.54) is 0 Å². The van der Waals surface area contributed by atoms with E-state index >= 15 is 0 Å². The Morgan fingerprint density at radius 3 is 2.53 bits per heavy atom. The van der Waals surface area contributed by atoms with Gasteiger partial charge in [-0.3, -0.25) is 4.79 Å². The SMILES string of the molecule is COc1ccccc1NC(=O)[C@]1(C)CC1(Cl)Cl. The second-order valence-electron chi connectivity index (χ2n) is 4.37. The van der Waals surface area contributed by atoms with Crippen LogP contribution in [0, 0.1) is 5.41 Å². The molecule has 0 aromatic heterocycles. The minimum atomic E-state index is -0.959. The van der Waals surface area contributed by atoms with Crippen LogP contribution in [0.15, 0.2) is 24.3 Å². The molecule has 1 atom stereocenters. The molecule has 0 radical (unpaired) electrons. The number of benzene rings is 1. The fourth-order valence-electron chi connectivity index (χ4n) is 1.65. The largest absolute Gasteiger partial charge is 0.495 e. The highest BCUT2D eigenvalue weighted by molar-refractivity contribution is 6.53. The molecule has 5 heteroatoms. The molecule has 1 saturated carbocycles.